The molecule has 1 heterocycles. The van der Waals surface area contributed by atoms with Crippen LogP contribution in [-0.4, -0.2) is 16.5 Å². The molecule has 0 aliphatic heterocycles. The molecule has 1 aromatic heterocycles. The zero-order chi connectivity index (χ0) is 14.5. The fraction of sp³-hybridized carbons (Fsp3) is 0.333. The second-order valence-electron chi connectivity index (χ2n) is 4.67. The Morgan fingerprint density at radius 3 is 2.60 bits per heavy atom. The van der Waals surface area contributed by atoms with Crippen molar-refractivity contribution in [2.24, 2.45) is 0 Å². The van der Waals surface area contributed by atoms with E-state index in [0.717, 1.165) is 22.4 Å². The number of halogens is 1. The second-order valence-corrected chi connectivity index (χ2v) is 5.59. The monoisotopic (exact) mass is 334 g/mol. The lowest BCUT2D eigenvalue weighted by atomic mass is 10.1. The molecule has 0 aliphatic carbocycles. The van der Waals surface area contributed by atoms with Gasteiger partial charge >= 0.3 is 0 Å². The Labute approximate surface area is 128 Å². The van der Waals surface area contributed by atoms with Gasteiger partial charge in [-0.2, -0.15) is 4.98 Å². The molecule has 0 amide bonds. The Bertz CT molecular complexity index is 569. The molecule has 2 aromatic rings. The fourth-order valence-electron chi connectivity index (χ4n) is 1.87. The summed E-state index contributed by atoms with van der Waals surface area (Å²) in [6, 6.07) is 8.48. The van der Waals surface area contributed by atoms with Gasteiger partial charge in [-0.3, -0.25) is 0 Å². The van der Waals surface area contributed by atoms with Gasteiger partial charge in [0.05, 0.1) is 0 Å². The van der Waals surface area contributed by atoms with Crippen molar-refractivity contribution in [2.75, 3.05) is 17.2 Å². The van der Waals surface area contributed by atoms with Crippen LogP contribution in [0.25, 0.3) is 0 Å². The molecule has 0 saturated carbocycles. The van der Waals surface area contributed by atoms with E-state index < -0.39 is 0 Å². The summed E-state index contributed by atoms with van der Waals surface area (Å²) in [6.45, 7) is 6.97. The van der Waals surface area contributed by atoms with E-state index in [4.69, 9.17) is 0 Å². The van der Waals surface area contributed by atoms with Crippen LogP contribution in [0.5, 0.6) is 0 Å². The number of nitrogens with one attached hydrogen (secondary N) is 2. The van der Waals surface area contributed by atoms with E-state index >= 15 is 0 Å². The van der Waals surface area contributed by atoms with Crippen LogP contribution in [0.3, 0.4) is 0 Å². The van der Waals surface area contributed by atoms with Gasteiger partial charge in [-0.05, 0) is 38.5 Å². The third-order valence-corrected chi connectivity index (χ3v) is 3.56. The van der Waals surface area contributed by atoms with Crippen molar-refractivity contribution in [2.45, 2.75) is 26.8 Å². The molecule has 2 N–H and O–H groups in total. The van der Waals surface area contributed by atoms with Crippen molar-refractivity contribution in [3.63, 3.8) is 0 Å². The minimum atomic E-state index is 0.186. The first-order valence-corrected chi connectivity index (χ1v) is 7.49. The third-order valence-electron chi connectivity index (χ3n) is 3.03. The van der Waals surface area contributed by atoms with Crippen molar-refractivity contribution in [1.29, 1.82) is 0 Å². The lowest BCUT2D eigenvalue weighted by molar-refractivity contribution is 0.867. The summed E-state index contributed by atoms with van der Waals surface area (Å²) >= 11 is 3.45. The molecule has 0 spiro atoms. The number of anilines is 2. The highest BCUT2D eigenvalue weighted by Gasteiger charge is 2.09. The number of rotatable bonds is 5. The largest absolute Gasteiger partial charge is 0.363 e. The van der Waals surface area contributed by atoms with Crippen LogP contribution >= 0.6 is 15.9 Å². The van der Waals surface area contributed by atoms with E-state index in [9.17, 15) is 0 Å². The lowest BCUT2D eigenvalue weighted by Crippen LogP contribution is -2.11. The zero-order valence-electron chi connectivity index (χ0n) is 11.9. The van der Waals surface area contributed by atoms with E-state index in [1.165, 1.54) is 5.56 Å². The number of aromatic nitrogens is 2. The average Bonchev–Trinajstić information content (AvgIpc) is 2.43. The highest BCUT2D eigenvalue weighted by Crippen LogP contribution is 2.22. The topological polar surface area (TPSA) is 49.8 Å². The highest BCUT2D eigenvalue weighted by molar-refractivity contribution is 9.10. The molecule has 2 rings (SSSR count). The highest BCUT2D eigenvalue weighted by atomic mass is 79.9. The number of aryl methyl sites for hydroxylation is 1. The molecule has 5 heteroatoms. The quantitative estimate of drug-likeness (QED) is 0.862. The van der Waals surface area contributed by atoms with Crippen molar-refractivity contribution in [3.8, 4) is 0 Å². The Kier molecular flexibility index (Phi) is 4.95. The van der Waals surface area contributed by atoms with Crippen LogP contribution in [-0.2, 0) is 0 Å². The van der Waals surface area contributed by atoms with Gasteiger partial charge in [0, 0.05) is 28.8 Å². The minimum Gasteiger partial charge on any atom is -0.363 e. The van der Waals surface area contributed by atoms with Crippen LogP contribution in [0.1, 0.15) is 31.0 Å². The number of benzene rings is 1. The van der Waals surface area contributed by atoms with Gasteiger partial charge in [-0.25, -0.2) is 4.98 Å². The maximum Gasteiger partial charge on any atom is 0.224 e. The molecule has 0 aliphatic rings. The normalized spacial score (nSPS) is 12.0. The molecule has 0 fully saturated rings. The van der Waals surface area contributed by atoms with Crippen molar-refractivity contribution < 1.29 is 0 Å². The zero-order valence-corrected chi connectivity index (χ0v) is 13.5. The summed E-state index contributed by atoms with van der Waals surface area (Å²) in [5.41, 5.74) is 2.26. The van der Waals surface area contributed by atoms with Crippen LogP contribution < -0.4 is 10.6 Å². The van der Waals surface area contributed by atoms with Gasteiger partial charge in [0.2, 0.25) is 5.95 Å². The summed E-state index contributed by atoms with van der Waals surface area (Å²) < 4.78 is 1.08. The first-order valence-electron chi connectivity index (χ1n) is 6.69. The molecular formula is C15H19BrN4. The molecule has 106 valence electrons. The van der Waals surface area contributed by atoms with Gasteiger partial charge in [-0.1, -0.05) is 28.1 Å². The van der Waals surface area contributed by atoms with Crippen molar-refractivity contribution in [1.82, 2.24) is 9.97 Å². The molecule has 0 bridgehead atoms. The van der Waals surface area contributed by atoms with Gasteiger partial charge in [0.1, 0.15) is 5.82 Å². The summed E-state index contributed by atoms with van der Waals surface area (Å²) in [6.07, 6.45) is 1.83. The maximum atomic E-state index is 4.50. The Balaban J connectivity index is 2.16. The van der Waals surface area contributed by atoms with E-state index in [0.29, 0.717) is 5.95 Å². The Morgan fingerprint density at radius 2 is 1.95 bits per heavy atom. The standard InChI is InChI=1S/C15H19BrN4/c1-4-17-15-18-9-10(2)14(20-15)19-11(3)12-5-7-13(16)8-6-12/h5-9,11H,4H2,1-3H3,(H2,17,18,19,20). The molecule has 1 unspecified atom stereocenters. The number of nitrogens with zero attached hydrogens (tertiary/aromatic N) is 2. The lowest BCUT2D eigenvalue weighted by Gasteiger charge is -2.17. The van der Waals surface area contributed by atoms with Gasteiger partial charge in [-0.15, -0.1) is 0 Å². The molecule has 4 nitrogen and oxygen atoms in total. The number of hydrogen-bond acceptors (Lipinski definition) is 4. The Morgan fingerprint density at radius 1 is 1.25 bits per heavy atom. The van der Waals surface area contributed by atoms with Crippen molar-refractivity contribution >= 4 is 27.7 Å². The predicted octanol–water partition coefficient (Wildman–Crippen LogP) is 4.15. The minimum absolute atomic E-state index is 0.186. The SMILES string of the molecule is CCNc1ncc(C)c(NC(C)c2ccc(Br)cc2)n1. The summed E-state index contributed by atoms with van der Waals surface area (Å²) in [5, 5.41) is 6.57. The fourth-order valence-corrected chi connectivity index (χ4v) is 2.14. The first-order chi connectivity index (χ1) is 9.60. The van der Waals surface area contributed by atoms with E-state index in [1.807, 2.05) is 32.2 Å². The third kappa shape index (κ3) is 3.70. The van der Waals surface area contributed by atoms with Crippen LogP contribution in [0.2, 0.25) is 0 Å². The second kappa shape index (κ2) is 6.70. The molecule has 0 saturated heterocycles. The number of hydrogen-bond donors (Lipinski definition) is 2. The maximum absolute atomic E-state index is 4.50. The molecule has 1 atom stereocenters. The molecule has 1 aromatic carbocycles. The first kappa shape index (κ1) is 14.8. The average molecular weight is 335 g/mol. The van der Waals surface area contributed by atoms with Crippen LogP contribution in [0, 0.1) is 6.92 Å². The smallest absolute Gasteiger partial charge is 0.224 e. The van der Waals surface area contributed by atoms with Crippen molar-refractivity contribution in [3.05, 3.63) is 46.1 Å². The van der Waals surface area contributed by atoms with Gasteiger partial charge in [0.25, 0.3) is 0 Å². The summed E-state index contributed by atoms with van der Waals surface area (Å²) in [4.78, 5) is 8.75. The molecule has 20 heavy (non-hydrogen) atoms. The van der Waals surface area contributed by atoms with E-state index in [-0.39, 0.29) is 6.04 Å². The Hall–Kier alpha value is -1.62. The summed E-state index contributed by atoms with van der Waals surface area (Å²) in [7, 11) is 0. The van der Waals surface area contributed by atoms with Crippen LogP contribution in [0.15, 0.2) is 34.9 Å². The van der Waals surface area contributed by atoms with Gasteiger partial charge in [0.15, 0.2) is 0 Å². The molecular weight excluding hydrogens is 316 g/mol. The van der Waals surface area contributed by atoms with E-state index in [1.54, 1.807) is 0 Å². The van der Waals surface area contributed by atoms with Crippen LogP contribution in [0.4, 0.5) is 11.8 Å². The summed E-state index contributed by atoms with van der Waals surface area (Å²) in [5.74, 6) is 1.52. The molecule has 0 radical (unpaired) electrons. The van der Waals surface area contributed by atoms with Gasteiger partial charge < -0.3 is 10.6 Å². The predicted molar refractivity (Wildman–Crippen MR) is 87.1 cm³/mol. The van der Waals surface area contributed by atoms with E-state index in [2.05, 4.69) is 55.6 Å².